The maximum atomic E-state index is 3.42. The van der Waals surface area contributed by atoms with Crippen molar-refractivity contribution < 1.29 is 0 Å². The van der Waals surface area contributed by atoms with Gasteiger partial charge in [0, 0.05) is 64.9 Å². The fraction of sp³-hybridized carbons (Fsp3) is 1.00. The van der Waals surface area contributed by atoms with E-state index in [1.807, 2.05) is 0 Å². The number of piperazine rings is 2. The van der Waals surface area contributed by atoms with Gasteiger partial charge in [0.1, 0.15) is 0 Å². The maximum Gasteiger partial charge on any atom is 0.0224 e. The Morgan fingerprint density at radius 3 is 2.59 bits per heavy atom. The van der Waals surface area contributed by atoms with Crippen LogP contribution in [0, 0.1) is 0 Å². The molecular weight excluding hydrogens is 212 g/mol. The third-order valence-corrected chi connectivity index (χ3v) is 4.61. The Kier molecular flexibility index (Phi) is 3.96. The monoisotopic (exact) mass is 238 g/mol. The smallest absolute Gasteiger partial charge is 0.0224 e. The average Bonchev–Trinajstić information content (AvgIpc) is 2.85. The van der Waals surface area contributed by atoms with Crippen LogP contribution in [0.5, 0.6) is 0 Å². The lowest BCUT2D eigenvalue weighted by atomic mass is 10.1. The van der Waals surface area contributed by atoms with Crippen LogP contribution in [-0.4, -0.2) is 86.2 Å². The molecule has 3 fully saturated rings. The summed E-state index contributed by atoms with van der Waals surface area (Å²) < 4.78 is 0. The first-order valence-corrected chi connectivity index (χ1v) is 7.31. The van der Waals surface area contributed by atoms with Gasteiger partial charge in [-0.15, -0.1) is 0 Å². The van der Waals surface area contributed by atoms with E-state index in [2.05, 4.69) is 20.0 Å². The van der Waals surface area contributed by atoms with Gasteiger partial charge in [-0.2, -0.15) is 0 Å². The zero-order chi connectivity index (χ0) is 11.5. The van der Waals surface area contributed by atoms with Crippen molar-refractivity contribution in [2.45, 2.75) is 18.9 Å². The Bertz CT molecular complexity index is 240. The lowest BCUT2D eigenvalue weighted by molar-refractivity contribution is 0.0920. The molecule has 0 aromatic rings. The molecule has 0 radical (unpaired) electrons. The van der Waals surface area contributed by atoms with Crippen molar-refractivity contribution in [3.05, 3.63) is 0 Å². The Labute approximate surface area is 105 Å². The van der Waals surface area contributed by atoms with E-state index in [0.717, 1.165) is 6.04 Å². The average molecular weight is 238 g/mol. The highest BCUT2D eigenvalue weighted by Gasteiger charge is 2.30. The van der Waals surface area contributed by atoms with Crippen LogP contribution in [0.2, 0.25) is 0 Å². The fourth-order valence-electron chi connectivity index (χ4n) is 3.48. The summed E-state index contributed by atoms with van der Waals surface area (Å²) in [5.41, 5.74) is 0. The number of nitrogens with zero attached hydrogens (tertiary/aromatic N) is 3. The molecule has 3 aliphatic heterocycles. The normalized spacial score (nSPS) is 32.8. The molecule has 4 nitrogen and oxygen atoms in total. The van der Waals surface area contributed by atoms with Gasteiger partial charge in [-0.3, -0.25) is 14.7 Å². The number of hydrogen-bond acceptors (Lipinski definition) is 4. The molecule has 1 unspecified atom stereocenters. The standard InChI is InChI=1S/C13H26N4/c1-2-13-12-16(10-11-17(13)5-1)9-8-15-6-3-14-4-7-15/h13-14H,1-12H2. The first kappa shape index (κ1) is 11.9. The summed E-state index contributed by atoms with van der Waals surface area (Å²) >= 11 is 0. The van der Waals surface area contributed by atoms with Crippen molar-refractivity contribution in [1.29, 1.82) is 0 Å². The molecule has 0 spiro atoms. The van der Waals surface area contributed by atoms with E-state index in [0.29, 0.717) is 0 Å². The second-order valence-electron chi connectivity index (χ2n) is 5.72. The highest BCUT2D eigenvalue weighted by Crippen LogP contribution is 2.21. The van der Waals surface area contributed by atoms with Crippen LogP contribution in [0.25, 0.3) is 0 Å². The van der Waals surface area contributed by atoms with Crippen LogP contribution in [0.3, 0.4) is 0 Å². The van der Waals surface area contributed by atoms with E-state index < -0.39 is 0 Å². The molecule has 0 amide bonds. The summed E-state index contributed by atoms with van der Waals surface area (Å²) in [5, 5.41) is 3.42. The van der Waals surface area contributed by atoms with Crippen LogP contribution in [-0.2, 0) is 0 Å². The summed E-state index contributed by atoms with van der Waals surface area (Å²) in [5.74, 6) is 0. The Hall–Kier alpha value is -0.160. The Morgan fingerprint density at radius 2 is 1.71 bits per heavy atom. The number of nitrogens with one attached hydrogen (secondary N) is 1. The molecule has 0 saturated carbocycles. The number of hydrogen-bond donors (Lipinski definition) is 1. The number of rotatable bonds is 3. The summed E-state index contributed by atoms with van der Waals surface area (Å²) in [4.78, 5) is 7.99. The van der Waals surface area contributed by atoms with Crippen molar-refractivity contribution >= 4 is 0 Å². The van der Waals surface area contributed by atoms with E-state index in [1.54, 1.807) is 0 Å². The molecule has 98 valence electrons. The van der Waals surface area contributed by atoms with Crippen molar-refractivity contribution in [2.24, 2.45) is 0 Å². The second-order valence-corrected chi connectivity index (χ2v) is 5.72. The lowest BCUT2D eigenvalue weighted by Crippen LogP contribution is -2.52. The molecule has 0 aliphatic carbocycles. The van der Waals surface area contributed by atoms with Crippen molar-refractivity contribution in [3.63, 3.8) is 0 Å². The molecule has 3 heterocycles. The predicted octanol–water partition coefficient (Wildman–Crippen LogP) is -0.328. The lowest BCUT2D eigenvalue weighted by Gasteiger charge is -2.38. The van der Waals surface area contributed by atoms with E-state index in [9.17, 15) is 0 Å². The SMILES string of the molecule is C1CC2CN(CCN3CCNCC3)CCN2C1. The van der Waals surface area contributed by atoms with Crippen LogP contribution >= 0.6 is 0 Å². The van der Waals surface area contributed by atoms with Gasteiger partial charge in [0.15, 0.2) is 0 Å². The van der Waals surface area contributed by atoms with Crippen LogP contribution in [0.15, 0.2) is 0 Å². The molecule has 3 aliphatic rings. The van der Waals surface area contributed by atoms with Gasteiger partial charge in [-0.05, 0) is 19.4 Å². The zero-order valence-corrected chi connectivity index (χ0v) is 10.9. The van der Waals surface area contributed by atoms with Crippen molar-refractivity contribution in [2.75, 3.05) is 65.4 Å². The second kappa shape index (κ2) is 5.65. The maximum absolute atomic E-state index is 3.42. The predicted molar refractivity (Wildman–Crippen MR) is 70.3 cm³/mol. The third kappa shape index (κ3) is 2.99. The van der Waals surface area contributed by atoms with Crippen molar-refractivity contribution in [1.82, 2.24) is 20.0 Å². The summed E-state index contributed by atoms with van der Waals surface area (Å²) in [6.45, 7) is 12.7. The van der Waals surface area contributed by atoms with E-state index in [4.69, 9.17) is 0 Å². The molecule has 4 heteroatoms. The van der Waals surface area contributed by atoms with Crippen LogP contribution < -0.4 is 5.32 Å². The van der Waals surface area contributed by atoms with Crippen LogP contribution in [0.1, 0.15) is 12.8 Å². The molecule has 3 saturated heterocycles. The van der Waals surface area contributed by atoms with E-state index in [1.165, 1.54) is 78.3 Å². The van der Waals surface area contributed by atoms with Gasteiger partial charge < -0.3 is 5.32 Å². The quantitative estimate of drug-likeness (QED) is 0.727. The van der Waals surface area contributed by atoms with E-state index >= 15 is 0 Å². The van der Waals surface area contributed by atoms with Crippen molar-refractivity contribution in [3.8, 4) is 0 Å². The van der Waals surface area contributed by atoms with Gasteiger partial charge in [0.25, 0.3) is 0 Å². The molecule has 17 heavy (non-hydrogen) atoms. The first-order valence-electron chi connectivity index (χ1n) is 7.31. The zero-order valence-electron chi connectivity index (χ0n) is 10.9. The topological polar surface area (TPSA) is 21.8 Å². The fourth-order valence-corrected chi connectivity index (χ4v) is 3.48. The van der Waals surface area contributed by atoms with Gasteiger partial charge in [-0.25, -0.2) is 0 Å². The molecular formula is C13H26N4. The Balaban J connectivity index is 1.40. The minimum atomic E-state index is 0.881. The molecule has 3 rings (SSSR count). The van der Waals surface area contributed by atoms with Crippen LogP contribution in [0.4, 0.5) is 0 Å². The highest BCUT2D eigenvalue weighted by atomic mass is 15.3. The van der Waals surface area contributed by atoms with Gasteiger partial charge in [0.05, 0.1) is 0 Å². The largest absolute Gasteiger partial charge is 0.314 e. The molecule has 1 N–H and O–H groups in total. The minimum absolute atomic E-state index is 0.881. The molecule has 0 aromatic carbocycles. The molecule has 0 aromatic heterocycles. The molecule has 1 atom stereocenters. The first-order chi connectivity index (χ1) is 8.42. The Morgan fingerprint density at radius 1 is 0.882 bits per heavy atom. The van der Waals surface area contributed by atoms with Gasteiger partial charge in [-0.1, -0.05) is 0 Å². The molecule has 0 bridgehead atoms. The summed E-state index contributed by atoms with van der Waals surface area (Å²) in [7, 11) is 0. The van der Waals surface area contributed by atoms with Gasteiger partial charge >= 0.3 is 0 Å². The summed E-state index contributed by atoms with van der Waals surface area (Å²) in [6.07, 6.45) is 2.86. The summed E-state index contributed by atoms with van der Waals surface area (Å²) in [6, 6.07) is 0.881. The third-order valence-electron chi connectivity index (χ3n) is 4.61. The highest BCUT2D eigenvalue weighted by molar-refractivity contribution is 4.87. The van der Waals surface area contributed by atoms with E-state index in [-0.39, 0.29) is 0 Å². The minimum Gasteiger partial charge on any atom is -0.314 e. The van der Waals surface area contributed by atoms with Gasteiger partial charge in [0.2, 0.25) is 0 Å². The number of fused-ring (bicyclic) bond motifs is 1.